The largest absolute Gasteiger partial charge is 0.484 e. The van der Waals surface area contributed by atoms with E-state index in [4.69, 9.17) is 9.84 Å². The summed E-state index contributed by atoms with van der Waals surface area (Å²) >= 11 is 0. The van der Waals surface area contributed by atoms with Gasteiger partial charge in [0.2, 0.25) is 0 Å². The van der Waals surface area contributed by atoms with Crippen LogP contribution >= 0.6 is 0 Å². The SMILES string of the molecule is CCCCCCCC[C@H](C)Oc1ccc(-c2ccc(C(=O)O)cc2)cc1[N+](=O)[O-]. The molecule has 0 radical (unpaired) electrons. The van der Waals surface area contributed by atoms with Gasteiger partial charge in [0.1, 0.15) is 0 Å². The summed E-state index contributed by atoms with van der Waals surface area (Å²) in [5.41, 5.74) is 1.45. The van der Waals surface area contributed by atoms with Gasteiger partial charge in [-0.05, 0) is 49.1 Å². The molecule has 0 unspecified atom stereocenters. The van der Waals surface area contributed by atoms with E-state index in [9.17, 15) is 14.9 Å². The van der Waals surface area contributed by atoms with Gasteiger partial charge in [-0.15, -0.1) is 0 Å². The van der Waals surface area contributed by atoms with E-state index in [1.54, 1.807) is 24.3 Å². The van der Waals surface area contributed by atoms with Crippen molar-refractivity contribution in [1.29, 1.82) is 0 Å². The summed E-state index contributed by atoms with van der Waals surface area (Å²) in [6.07, 6.45) is 7.94. The molecule has 2 aromatic rings. The third-order valence-corrected chi connectivity index (χ3v) is 4.91. The number of hydrogen-bond donors (Lipinski definition) is 1. The molecule has 6 heteroatoms. The van der Waals surface area contributed by atoms with E-state index < -0.39 is 10.9 Å². The van der Waals surface area contributed by atoms with Crippen molar-refractivity contribution < 1.29 is 19.6 Å². The van der Waals surface area contributed by atoms with Gasteiger partial charge in [-0.1, -0.05) is 57.2 Å². The molecule has 1 N–H and O–H groups in total. The number of nitro groups is 1. The summed E-state index contributed by atoms with van der Waals surface area (Å²) in [4.78, 5) is 22.1. The van der Waals surface area contributed by atoms with E-state index >= 15 is 0 Å². The summed E-state index contributed by atoms with van der Waals surface area (Å²) in [7, 11) is 0. The minimum Gasteiger partial charge on any atom is -0.484 e. The number of nitro benzene ring substituents is 1. The lowest BCUT2D eigenvalue weighted by molar-refractivity contribution is -0.386. The lowest BCUT2D eigenvalue weighted by atomic mass is 10.0. The Hall–Kier alpha value is -2.89. The Morgan fingerprint density at radius 2 is 1.66 bits per heavy atom. The van der Waals surface area contributed by atoms with E-state index in [0.29, 0.717) is 11.1 Å². The second kappa shape index (κ2) is 11.2. The van der Waals surface area contributed by atoms with Gasteiger partial charge < -0.3 is 9.84 Å². The number of unbranched alkanes of at least 4 members (excludes halogenated alkanes) is 5. The van der Waals surface area contributed by atoms with Crippen LogP contribution in [0.25, 0.3) is 11.1 Å². The van der Waals surface area contributed by atoms with Crippen LogP contribution in [0.15, 0.2) is 42.5 Å². The highest BCUT2D eigenvalue weighted by Gasteiger charge is 2.19. The fraction of sp³-hybridized carbons (Fsp3) is 0.435. The van der Waals surface area contributed by atoms with Gasteiger partial charge in [0.05, 0.1) is 16.6 Å². The van der Waals surface area contributed by atoms with Gasteiger partial charge >= 0.3 is 11.7 Å². The molecule has 0 aliphatic heterocycles. The quantitative estimate of drug-likeness (QED) is 0.251. The number of ether oxygens (including phenoxy) is 1. The first kappa shape index (κ1) is 22.4. The number of nitrogens with zero attached hydrogens (tertiary/aromatic N) is 1. The molecule has 6 nitrogen and oxygen atoms in total. The zero-order valence-corrected chi connectivity index (χ0v) is 17.1. The molecule has 156 valence electrons. The molecule has 0 spiro atoms. The predicted molar refractivity (Wildman–Crippen MR) is 114 cm³/mol. The maximum Gasteiger partial charge on any atom is 0.335 e. The van der Waals surface area contributed by atoms with Crippen molar-refractivity contribution in [3.63, 3.8) is 0 Å². The first-order valence-corrected chi connectivity index (χ1v) is 10.2. The molecule has 0 aromatic heterocycles. The van der Waals surface area contributed by atoms with Crippen LogP contribution in [0.2, 0.25) is 0 Å². The molecular formula is C23H29NO5. The van der Waals surface area contributed by atoms with Crippen LogP contribution in [0.5, 0.6) is 5.75 Å². The normalized spacial score (nSPS) is 11.8. The van der Waals surface area contributed by atoms with Gasteiger partial charge in [-0.25, -0.2) is 4.79 Å². The Kier molecular flexibility index (Phi) is 8.65. The highest BCUT2D eigenvalue weighted by atomic mass is 16.6. The van der Waals surface area contributed by atoms with Crippen LogP contribution in [0.1, 0.15) is 69.2 Å². The Bertz CT molecular complexity index is 817. The lowest BCUT2D eigenvalue weighted by Gasteiger charge is -2.15. The number of hydrogen-bond acceptors (Lipinski definition) is 4. The third kappa shape index (κ3) is 6.89. The Labute approximate surface area is 171 Å². The molecule has 2 aromatic carbocycles. The van der Waals surface area contributed by atoms with E-state index in [0.717, 1.165) is 19.3 Å². The Morgan fingerprint density at radius 1 is 1.03 bits per heavy atom. The molecule has 2 rings (SSSR count). The summed E-state index contributed by atoms with van der Waals surface area (Å²) in [5.74, 6) is -0.745. The highest BCUT2D eigenvalue weighted by Crippen LogP contribution is 2.33. The molecule has 0 saturated carbocycles. The molecule has 29 heavy (non-hydrogen) atoms. The standard InChI is InChI=1S/C23H29NO5/c1-3-4-5-6-7-8-9-17(2)29-22-15-14-20(16-21(22)24(27)28)18-10-12-19(13-11-18)23(25)26/h10-17H,3-9H2,1-2H3,(H,25,26)/t17-/m0/s1. The lowest BCUT2D eigenvalue weighted by Crippen LogP contribution is -2.12. The fourth-order valence-electron chi connectivity index (χ4n) is 3.23. The minimum atomic E-state index is -1.01. The summed E-state index contributed by atoms with van der Waals surface area (Å²) in [6.45, 7) is 4.13. The van der Waals surface area contributed by atoms with Crippen LogP contribution in [0.3, 0.4) is 0 Å². The van der Waals surface area contributed by atoms with E-state index in [-0.39, 0.29) is 23.1 Å². The van der Waals surface area contributed by atoms with E-state index in [1.807, 2.05) is 6.92 Å². The van der Waals surface area contributed by atoms with Crippen molar-refractivity contribution in [3.05, 3.63) is 58.1 Å². The third-order valence-electron chi connectivity index (χ3n) is 4.91. The van der Waals surface area contributed by atoms with Crippen LogP contribution in [-0.4, -0.2) is 22.1 Å². The average molecular weight is 399 g/mol. The number of rotatable bonds is 12. The van der Waals surface area contributed by atoms with Crippen LogP contribution in [0, 0.1) is 10.1 Å². The topological polar surface area (TPSA) is 89.7 Å². The zero-order chi connectivity index (χ0) is 21.2. The van der Waals surface area contributed by atoms with Crippen molar-refractivity contribution in [2.75, 3.05) is 0 Å². The van der Waals surface area contributed by atoms with E-state index in [2.05, 4.69) is 6.92 Å². The number of carbonyl (C=O) groups is 1. The van der Waals surface area contributed by atoms with Crippen LogP contribution < -0.4 is 4.74 Å². The van der Waals surface area contributed by atoms with Gasteiger partial charge in [-0.3, -0.25) is 10.1 Å². The van der Waals surface area contributed by atoms with Crippen molar-refractivity contribution in [1.82, 2.24) is 0 Å². The number of carboxylic acid groups (broad SMARTS) is 1. The maximum atomic E-state index is 11.5. The van der Waals surface area contributed by atoms with Crippen molar-refractivity contribution in [2.45, 2.75) is 64.9 Å². The second-order valence-corrected chi connectivity index (χ2v) is 7.31. The predicted octanol–water partition coefficient (Wildman–Crippen LogP) is 6.48. The molecule has 1 atom stereocenters. The first-order valence-electron chi connectivity index (χ1n) is 10.2. The molecular weight excluding hydrogens is 370 g/mol. The van der Waals surface area contributed by atoms with E-state index in [1.165, 1.54) is 43.9 Å². The van der Waals surface area contributed by atoms with Gasteiger partial charge in [0.25, 0.3) is 0 Å². The fourth-order valence-corrected chi connectivity index (χ4v) is 3.23. The summed E-state index contributed by atoms with van der Waals surface area (Å²) < 4.78 is 5.86. The smallest absolute Gasteiger partial charge is 0.335 e. The minimum absolute atomic E-state index is 0.0837. The van der Waals surface area contributed by atoms with Gasteiger partial charge in [-0.2, -0.15) is 0 Å². The van der Waals surface area contributed by atoms with Gasteiger partial charge in [0, 0.05) is 6.07 Å². The average Bonchev–Trinajstić information content (AvgIpc) is 2.70. The first-order chi connectivity index (χ1) is 13.9. The monoisotopic (exact) mass is 399 g/mol. The zero-order valence-electron chi connectivity index (χ0n) is 17.1. The van der Waals surface area contributed by atoms with Crippen LogP contribution in [-0.2, 0) is 0 Å². The molecule has 0 saturated heterocycles. The molecule has 0 aliphatic rings. The molecule has 0 heterocycles. The summed E-state index contributed by atoms with van der Waals surface area (Å²) in [5, 5.41) is 20.5. The summed E-state index contributed by atoms with van der Waals surface area (Å²) in [6, 6.07) is 11.1. The number of benzene rings is 2. The van der Waals surface area contributed by atoms with Crippen molar-refractivity contribution in [3.8, 4) is 16.9 Å². The van der Waals surface area contributed by atoms with Crippen molar-refractivity contribution >= 4 is 11.7 Å². The molecule has 0 bridgehead atoms. The highest BCUT2D eigenvalue weighted by molar-refractivity contribution is 5.88. The number of aromatic carboxylic acids is 1. The molecule has 0 aliphatic carbocycles. The van der Waals surface area contributed by atoms with Crippen LogP contribution in [0.4, 0.5) is 5.69 Å². The second-order valence-electron chi connectivity index (χ2n) is 7.31. The molecule has 0 fully saturated rings. The Morgan fingerprint density at radius 3 is 2.28 bits per heavy atom. The van der Waals surface area contributed by atoms with Gasteiger partial charge in [0.15, 0.2) is 5.75 Å². The Balaban J connectivity index is 2.03. The maximum absolute atomic E-state index is 11.5. The van der Waals surface area contributed by atoms with Crippen molar-refractivity contribution in [2.24, 2.45) is 0 Å². The molecule has 0 amide bonds. The number of carboxylic acids is 1.